The van der Waals surface area contributed by atoms with Crippen molar-refractivity contribution in [3.63, 3.8) is 0 Å². The van der Waals surface area contributed by atoms with Crippen LogP contribution in [0.3, 0.4) is 0 Å². The largest absolute Gasteiger partial charge is 0.351 e. The van der Waals surface area contributed by atoms with Crippen molar-refractivity contribution >= 4 is 10.9 Å². The highest BCUT2D eigenvalue weighted by Crippen LogP contribution is 2.27. The van der Waals surface area contributed by atoms with Crippen molar-refractivity contribution in [2.75, 3.05) is 0 Å². The lowest BCUT2D eigenvalue weighted by atomic mass is 10.1. The van der Waals surface area contributed by atoms with E-state index in [0.717, 1.165) is 5.69 Å². The predicted octanol–water partition coefficient (Wildman–Crippen LogP) is 2.57. The van der Waals surface area contributed by atoms with Crippen LogP contribution in [0, 0.1) is 0 Å². The molecule has 3 nitrogen and oxygen atoms in total. The van der Waals surface area contributed by atoms with E-state index < -0.39 is 0 Å². The molecule has 3 heteroatoms. The average Bonchev–Trinajstić information content (AvgIpc) is 2.88. The molecular weight excluding hydrogens is 186 g/mol. The molecule has 0 atom stereocenters. The Kier molecular flexibility index (Phi) is 1.65. The normalized spacial score (nSPS) is 11.0. The lowest BCUT2D eigenvalue weighted by Gasteiger charge is -2.01. The van der Waals surface area contributed by atoms with Gasteiger partial charge in [-0.1, -0.05) is 12.1 Å². The first-order valence-corrected chi connectivity index (χ1v) is 4.89. The minimum absolute atomic E-state index is 1.06. The van der Waals surface area contributed by atoms with Crippen LogP contribution in [0.1, 0.15) is 0 Å². The third-order valence-electron chi connectivity index (χ3n) is 2.72. The molecule has 0 saturated carbocycles. The van der Waals surface area contributed by atoms with E-state index in [-0.39, 0.29) is 0 Å². The Balaban J connectivity index is 2.36. The summed E-state index contributed by atoms with van der Waals surface area (Å²) in [6.07, 6.45) is 5.63. The van der Waals surface area contributed by atoms with Gasteiger partial charge in [-0.25, -0.2) is 4.98 Å². The first-order valence-electron chi connectivity index (χ1n) is 4.89. The van der Waals surface area contributed by atoms with E-state index in [0.29, 0.717) is 0 Å². The molecule has 3 aromatic rings. The first kappa shape index (κ1) is 8.29. The average molecular weight is 197 g/mol. The van der Waals surface area contributed by atoms with Gasteiger partial charge in [-0.3, -0.25) is 0 Å². The number of H-pyrrole nitrogens is 1. The van der Waals surface area contributed by atoms with Crippen molar-refractivity contribution in [2.24, 2.45) is 7.05 Å². The number of hydrogen-bond donors (Lipinski definition) is 1. The van der Waals surface area contributed by atoms with E-state index in [1.165, 1.54) is 16.5 Å². The number of nitrogens with zero attached hydrogens (tertiary/aromatic N) is 2. The Morgan fingerprint density at radius 3 is 3.00 bits per heavy atom. The number of benzene rings is 1. The lowest BCUT2D eigenvalue weighted by Crippen LogP contribution is -1.84. The van der Waals surface area contributed by atoms with E-state index in [1.54, 1.807) is 6.33 Å². The van der Waals surface area contributed by atoms with Crippen LogP contribution < -0.4 is 0 Å². The van der Waals surface area contributed by atoms with E-state index in [4.69, 9.17) is 0 Å². The zero-order chi connectivity index (χ0) is 10.3. The zero-order valence-corrected chi connectivity index (χ0v) is 8.44. The van der Waals surface area contributed by atoms with Gasteiger partial charge in [0.05, 0.1) is 18.2 Å². The van der Waals surface area contributed by atoms with Crippen LogP contribution in [-0.4, -0.2) is 14.5 Å². The molecule has 2 aromatic heterocycles. The molecule has 0 spiro atoms. The Labute approximate surface area is 87.4 Å². The molecule has 0 fully saturated rings. The molecular formula is C12H11N3. The van der Waals surface area contributed by atoms with Crippen LogP contribution in [0.15, 0.2) is 43.0 Å². The summed E-state index contributed by atoms with van der Waals surface area (Å²) < 4.78 is 2.12. The highest BCUT2D eigenvalue weighted by atomic mass is 14.9. The molecule has 0 radical (unpaired) electrons. The summed E-state index contributed by atoms with van der Waals surface area (Å²) in [5.41, 5.74) is 3.50. The molecule has 0 aliphatic heterocycles. The van der Waals surface area contributed by atoms with Crippen molar-refractivity contribution in [1.82, 2.24) is 14.5 Å². The molecule has 0 amide bonds. The number of hydrogen-bond acceptors (Lipinski definition) is 1. The highest BCUT2D eigenvalue weighted by Gasteiger charge is 2.05. The number of aromatic nitrogens is 3. The van der Waals surface area contributed by atoms with Gasteiger partial charge in [0, 0.05) is 29.7 Å². The molecule has 0 unspecified atom stereocenters. The number of nitrogens with one attached hydrogen (secondary N) is 1. The molecule has 0 aliphatic rings. The Morgan fingerprint density at radius 1 is 1.27 bits per heavy atom. The molecule has 0 aliphatic carbocycles. The third kappa shape index (κ3) is 1.16. The summed E-state index contributed by atoms with van der Waals surface area (Å²) >= 11 is 0. The van der Waals surface area contributed by atoms with Crippen LogP contribution in [-0.2, 0) is 7.05 Å². The van der Waals surface area contributed by atoms with Gasteiger partial charge >= 0.3 is 0 Å². The fourth-order valence-electron chi connectivity index (χ4n) is 1.94. The SMILES string of the molecule is Cn1ccc2c(-c3cnc[nH]3)cccc21. The van der Waals surface area contributed by atoms with E-state index >= 15 is 0 Å². The van der Waals surface area contributed by atoms with E-state index in [1.807, 2.05) is 6.20 Å². The molecule has 1 N–H and O–H groups in total. The quantitative estimate of drug-likeness (QED) is 0.639. The van der Waals surface area contributed by atoms with Crippen molar-refractivity contribution in [3.8, 4) is 11.3 Å². The van der Waals surface area contributed by atoms with Crippen LogP contribution in [0.25, 0.3) is 22.2 Å². The second-order valence-corrected chi connectivity index (χ2v) is 3.63. The second-order valence-electron chi connectivity index (χ2n) is 3.63. The molecule has 2 heterocycles. The van der Waals surface area contributed by atoms with E-state index in [9.17, 15) is 0 Å². The van der Waals surface area contributed by atoms with Crippen LogP contribution in [0.2, 0.25) is 0 Å². The van der Waals surface area contributed by atoms with Gasteiger partial charge < -0.3 is 9.55 Å². The minimum atomic E-state index is 1.06. The maximum Gasteiger partial charge on any atom is 0.0924 e. The fourth-order valence-corrected chi connectivity index (χ4v) is 1.94. The van der Waals surface area contributed by atoms with Crippen LogP contribution in [0.4, 0.5) is 0 Å². The van der Waals surface area contributed by atoms with Crippen LogP contribution >= 0.6 is 0 Å². The summed E-state index contributed by atoms with van der Waals surface area (Å²) in [6.45, 7) is 0. The van der Waals surface area contributed by atoms with Crippen molar-refractivity contribution in [2.45, 2.75) is 0 Å². The first-order chi connectivity index (χ1) is 7.36. The Bertz CT molecular complexity index is 590. The summed E-state index contributed by atoms with van der Waals surface area (Å²) in [6, 6.07) is 8.43. The molecule has 74 valence electrons. The van der Waals surface area contributed by atoms with Gasteiger partial charge in [0.2, 0.25) is 0 Å². The maximum absolute atomic E-state index is 4.05. The molecule has 1 aromatic carbocycles. The summed E-state index contributed by atoms with van der Waals surface area (Å²) in [7, 11) is 2.05. The maximum atomic E-state index is 4.05. The van der Waals surface area contributed by atoms with Crippen molar-refractivity contribution in [1.29, 1.82) is 0 Å². The predicted molar refractivity (Wildman–Crippen MR) is 60.5 cm³/mol. The van der Waals surface area contributed by atoms with Gasteiger partial charge in [-0.15, -0.1) is 0 Å². The number of imidazole rings is 1. The minimum Gasteiger partial charge on any atom is -0.351 e. The molecule has 0 bridgehead atoms. The zero-order valence-electron chi connectivity index (χ0n) is 8.44. The number of aryl methyl sites for hydroxylation is 1. The van der Waals surface area contributed by atoms with E-state index in [2.05, 4.69) is 52.0 Å². The molecule has 3 rings (SSSR count). The van der Waals surface area contributed by atoms with Crippen molar-refractivity contribution < 1.29 is 0 Å². The monoisotopic (exact) mass is 197 g/mol. The van der Waals surface area contributed by atoms with Gasteiger partial charge in [0.15, 0.2) is 0 Å². The Morgan fingerprint density at radius 2 is 2.20 bits per heavy atom. The molecule has 0 saturated heterocycles. The van der Waals surface area contributed by atoms with Gasteiger partial charge in [-0.05, 0) is 12.1 Å². The van der Waals surface area contributed by atoms with Gasteiger partial charge in [-0.2, -0.15) is 0 Å². The highest BCUT2D eigenvalue weighted by molar-refractivity contribution is 5.94. The lowest BCUT2D eigenvalue weighted by molar-refractivity contribution is 0.969. The smallest absolute Gasteiger partial charge is 0.0924 e. The number of fused-ring (bicyclic) bond motifs is 1. The molecule has 15 heavy (non-hydrogen) atoms. The summed E-state index contributed by atoms with van der Waals surface area (Å²) in [5, 5.41) is 1.25. The van der Waals surface area contributed by atoms with Gasteiger partial charge in [0.25, 0.3) is 0 Å². The number of rotatable bonds is 1. The second kappa shape index (κ2) is 2.98. The standard InChI is InChI=1S/C12H11N3/c1-15-6-5-10-9(3-2-4-12(10)15)11-7-13-8-14-11/h2-8H,1H3,(H,13,14). The summed E-state index contributed by atoms with van der Waals surface area (Å²) in [5.74, 6) is 0. The topological polar surface area (TPSA) is 33.6 Å². The fraction of sp³-hybridized carbons (Fsp3) is 0.0833. The number of aromatic amines is 1. The van der Waals surface area contributed by atoms with Crippen LogP contribution in [0.5, 0.6) is 0 Å². The Hall–Kier alpha value is -2.03. The third-order valence-corrected chi connectivity index (χ3v) is 2.72. The van der Waals surface area contributed by atoms with Crippen molar-refractivity contribution in [3.05, 3.63) is 43.0 Å². The van der Waals surface area contributed by atoms with Gasteiger partial charge in [0.1, 0.15) is 0 Å². The summed E-state index contributed by atoms with van der Waals surface area (Å²) in [4.78, 5) is 7.18.